The first-order chi connectivity index (χ1) is 13.7. The number of likely N-dealkylation sites (tertiary alicyclic amines) is 1. The molecule has 1 fully saturated rings. The first kappa shape index (κ1) is 22.7. The van der Waals surface area contributed by atoms with Gasteiger partial charge in [-0.15, -0.1) is 0 Å². The summed E-state index contributed by atoms with van der Waals surface area (Å²) in [5.74, 6) is 0.300. The summed E-state index contributed by atoms with van der Waals surface area (Å²) in [6, 6.07) is 10.0. The van der Waals surface area contributed by atoms with E-state index in [1.54, 1.807) is 20.8 Å². The quantitative estimate of drug-likeness (QED) is 0.732. The van der Waals surface area contributed by atoms with E-state index < -0.39 is 11.7 Å². The fourth-order valence-corrected chi connectivity index (χ4v) is 3.23. The van der Waals surface area contributed by atoms with Crippen LogP contribution in [-0.4, -0.2) is 54.6 Å². The van der Waals surface area contributed by atoms with Crippen LogP contribution in [0, 0.1) is 5.92 Å². The Balaban J connectivity index is 1.59. The molecule has 1 aromatic carbocycles. The average Bonchev–Trinajstić information content (AvgIpc) is 2.69. The van der Waals surface area contributed by atoms with E-state index in [9.17, 15) is 14.4 Å². The maximum absolute atomic E-state index is 12.4. The van der Waals surface area contributed by atoms with Crippen LogP contribution in [0.15, 0.2) is 30.3 Å². The number of carbonyl (C=O) groups excluding carboxylic acids is 3. The molecule has 1 aliphatic rings. The van der Waals surface area contributed by atoms with Gasteiger partial charge in [-0.2, -0.15) is 0 Å². The maximum atomic E-state index is 12.4. The lowest BCUT2D eigenvalue weighted by atomic mass is 9.96. The molecule has 0 aliphatic carbocycles. The van der Waals surface area contributed by atoms with Crippen molar-refractivity contribution in [2.75, 3.05) is 26.2 Å². The molecular weight excluding hydrogens is 370 g/mol. The van der Waals surface area contributed by atoms with E-state index in [1.807, 2.05) is 35.2 Å². The van der Waals surface area contributed by atoms with Crippen LogP contribution in [-0.2, 0) is 20.7 Å². The Morgan fingerprint density at radius 2 is 1.72 bits per heavy atom. The molecule has 7 nitrogen and oxygen atoms in total. The Labute approximate surface area is 173 Å². The molecule has 160 valence electrons. The summed E-state index contributed by atoms with van der Waals surface area (Å²) in [4.78, 5) is 37.8. The van der Waals surface area contributed by atoms with Gasteiger partial charge in [0.05, 0.1) is 6.54 Å². The minimum atomic E-state index is -0.602. The molecule has 0 saturated carbocycles. The number of amides is 3. The largest absolute Gasteiger partial charge is 0.444 e. The van der Waals surface area contributed by atoms with E-state index in [0.29, 0.717) is 18.9 Å². The average molecular weight is 404 g/mol. The minimum Gasteiger partial charge on any atom is -0.444 e. The molecule has 1 aliphatic heterocycles. The smallest absolute Gasteiger partial charge is 0.408 e. The Morgan fingerprint density at radius 1 is 1.07 bits per heavy atom. The summed E-state index contributed by atoms with van der Waals surface area (Å²) in [5.41, 5.74) is 0.589. The fourth-order valence-electron chi connectivity index (χ4n) is 3.23. The lowest BCUT2D eigenvalue weighted by Gasteiger charge is -2.32. The van der Waals surface area contributed by atoms with Crippen LogP contribution in [0.5, 0.6) is 0 Å². The highest BCUT2D eigenvalue weighted by Gasteiger charge is 2.23. The number of hydrogen-bond donors (Lipinski definition) is 2. The number of benzene rings is 1. The third kappa shape index (κ3) is 8.98. The van der Waals surface area contributed by atoms with Gasteiger partial charge in [0.1, 0.15) is 5.60 Å². The second-order valence-corrected chi connectivity index (χ2v) is 8.47. The van der Waals surface area contributed by atoms with Gasteiger partial charge >= 0.3 is 6.09 Å². The number of hydrogen-bond acceptors (Lipinski definition) is 4. The Kier molecular flexibility index (Phi) is 8.49. The maximum Gasteiger partial charge on any atom is 0.408 e. The number of ether oxygens (including phenoxy) is 1. The van der Waals surface area contributed by atoms with Gasteiger partial charge in [-0.25, -0.2) is 4.79 Å². The Hall–Kier alpha value is -2.57. The monoisotopic (exact) mass is 403 g/mol. The molecule has 1 heterocycles. The normalized spacial score (nSPS) is 14.9. The number of aryl methyl sites for hydroxylation is 1. The van der Waals surface area contributed by atoms with Gasteiger partial charge in [0, 0.05) is 26.1 Å². The van der Waals surface area contributed by atoms with E-state index in [0.717, 1.165) is 32.4 Å². The summed E-state index contributed by atoms with van der Waals surface area (Å²) >= 11 is 0. The van der Waals surface area contributed by atoms with Crippen molar-refractivity contribution < 1.29 is 19.1 Å². The van der Waals surface area contributed by atoms with Gasteiger partial charge in [-0.3, -0.25) is 9.59 Å². The van der Waals surface area contributed by atoms with Crippen molar-refractivity contribution in [1.29, 1.82) is 0 Å². The van der Waals surface area contributed by atoms with Crippen molar-refractivity contribution in [2.24, 2.45) is 5.92 Å². The second-order valence-electron chi connectivity index (χ2n) is 8.47. The highest BCUT2D eigenvalue weighted by Crippen LogP contribution is 2.17. The Bertz CT molecular complexity index is 677. The molecule has 1 saturated heterocycles. The first-order valence-corrected chi connectivity index (χ1v) is 10.3. The van der Waals surface area contributed by atoms with E-state index >= 15 is 0 Å². The molecule has 29 heavy (non-hydrogen) atoms. The molecule has 0 spiro atoms. The summed E-state index contributed by atoms with van der Waals surface area (Å²) in [7, 11) is 0. The van der Waals surface area contributed by atoms with Crippen LogP contribution < -0.4 is 10.6 Å². The van der Waals surface area contributed by atoms with Crippen molar-refractivity contribution in [3.8, 4) is 0 Å². The summed E-state index contributed by atoms with van der Waals surface area (Å²) < 4.78 is 5.10. The molecular formula is C22H33N3O4. The SMILES string of the molecule is CC(C)(C)OC(=O)NCC(=O)NCC1CCN(C(=O)CCc2ccccc2)CC1. The number of piperidine rings is 1. The number of nitrogens with zero attached hydrogens (tertiary/aromatic N) is 1. The van der Waals surface area contributed by atoms with Crippen molar-refractivity contribution in [1.82, 2.24) is 15.5 Å². The van der Waals surface area contributed by atoms with E-state index in [2.05, 4.69) is 10.6 Å². The minimum absolute atomic E-state index is 0.105. The molecule has 2 rings (SSSR count). The van der Waals surface area contributed by atoms with E-state index in [-0.39, 0.29) is 18.4 Å². The highest BCUT2D eigenvalue weighted by atomic mass is 16.6. The van der Waals surface area contributed by atoms with Gasteiger partial charge in [-0.05, 0) is 51.5 Å². The lowest BCUT2D eigenvalue weighted by Crippen LogP contribution is -2.44. The number of alkyl carbamates (subject to hydrolysis) is 1. The molecule has 1 aromatic rings. The summed E-state index contributed by atoms with van der Waals surface area (Å²) in [6.45, 7) is 7.21. The second kappa shape index (κ2) is 10.8. The van der Waals surface area contributed by atoms with Crippen LogP contribution in [0.3, 0.4) is 0 Å². The van der Waals surface area contributed by atoms with Gasteiger partial charge in [0.2, 0.25) is 11.8 Å². The van der Waals surface area contributed by atoms with Gasteiger partial charge in [0.15, 0.2) is 0 Å². The van der Waals surface area contributed by atoms with Crippen molar-refractivity contribution in [3.63, 3.8) is 0 Å². The van der Waals surface area contributed by atoms with Crippen molar-refractivity contribution >= 4 is 17.9 Å². The molecule has 0 radical (unpaired) electrons. The van der Waals surface area contributed by atoms with E-state index in [1.165, 1.54) is 5.56 Å². The van der Waals surface area contributed by atoms with Crippen LogP contribution in [0.4, 0.5) is 4.79 Å². The third-order valence-corrected chi connectivity index (χ3v) is 4.82. The van der Waals surface area contributed by atoms with Crippen LogP contribution >= 0.6 is 0 Å². The van der Waals surface area contributed by atoms with Crippen molar-refractivity contribution in [2.45, 2.75) is 52.1 Å². The fraction of sp³-hybridized carbons (Fsp3) is 0.591. The van der Waals surface area contributed by atoms with Crippen LogP contribution in [0.25, 0.3) is 0 Å². The summed E-state index contributed by atoms with van der Waals surface area (Å²) in [5, 5.41) is 5.30. The molecule has 0 bridgehead atoms. The molecule has 2 N–H and O–H groups in total. The molecule has 3 amide bonds. The number of carbonyl (C=O) groups is 3. The lowest BCUT2D eigenvalue weighted by molar-refractivity contribution is -0.132. The number of rotatable bonds is 7. The van der Waals surface area contributed by atoms with Crippen LogP contribution in [0.1, 0.15) is 45.6 Å². The van der Waals surface area contributed by atoms with Crippen molar-refractivity contribution in [3.05, 3.63) is 35.9 Å². The van der Waals surface area contributed by atoms with E-state index in [4.69, 9.17) is 4.74 Å². The zero-order chi connectivity index (χ0) is 21.3. The molecule has 0 unspecified atom stereocenters. The van der Waals surface area contributed by atoms with Gasteiger partial charge in [-0.1, -0.05) is 30.3 Å². The predicted octanol–water partition coefficient (Wildman–Crippen LogP) is 2.50. The highest BCUT2D eigenvalue weighted by molar-refractivity contribution is 5.82. The summed E-state index contributed by atoms with van der Waals surface area (Å²) in [6.07, 6.45) is 2.44. The van der Waals surface area contributed by atoms with Gasteiger partial charge in [0.25, 0.3) is 0 Å². The zero-order valence-electron chi connectivity index (χ0n) is 17.7. The third-order valence-electron chi connectivity index (χ3n) is 4.82. The topological polar surface area (TPSA) is 87.7 Å². The zero-order valence-corrected chi connectivity index (χ0v) is 17.7. The standard InChI is InChI=1S/C22H33N3O4/c1-22(2,3)29-21(28)24-16-19(26)23-15-18-11-13-25(14-12-18)20(27)10-9-17-7-5-4-6-8-17/h4-8,18H,9-16H2,1-3H3,(H,23,26)(H,24,28). The predicted molar refractivity (Wildman–Crippen MR) is 111 cm³/mol. The van der Waals surface area contributed by atoms with Crippen LogP contribution in [0.2, 0.25) is 0 Å². The first-order valence-electron chi connectivity index (χ1n) is 10.3. The molecule has 0 aromatic heterocycles. The molecule has 0 atom stereocenters. The molecule has 7 heteroatoms. The number of nitrogens with one attached hydrogen (secondary N) is 2. The Morgan fingerprint density at radius 3 is 2.34 bits per heavy atom. The van der Waals surface area contributed by atoms with Gasteiger partial charge < -0.3 is 20.3 Å².